The molecule has 3 rings (SSSR count). The first-order valence-corrected chi connectivity index (χ1v) is 6.46. The number of nitrogens with zero attached hydrogens (tertiary/aromatic N) is 1. The van der Waals surface area contributed by atoms with Crippen molar-refractivity contribution in [3.8, 4) is 0 Å². The number of carbonyl (C=O) groups is 2. The molecule has 0 atom stereocenters. The minimum Gasteiger partial charge on any atom is -0.383 e. The summed E-state index contributed by atoms with van der Waals surface area (Å²) < 4.78 is 5.13. The number of fused-ring (bicyclic) bond motifs is 1. The molecule has 0 saturated heterocycles. The normalized spacial score (nSPS) is 17.3. The van der Waals surface area contributed by atoms with Crippen LogP contribution in [0.4, 0.5) is 11.4 Å². The number of ether oxygens (including phenoxy) is 1. The van der Waals surface area contributed by atoms with Crippen LogP contribution in [0.25, 0.3) is 0 Å². The molecule has 19 heavy (non-hydrogen) atoms. The summed E-state index contributed by atoms with van der Waals surface area (Å²) in [7, 11) is 1.69. The number of hydrogen-bond acceptors (Lipinski definition) is 4. The van der Waals surface area contributed by atoms with Gasteiger partial charge in [0.1, 0.15) is 0 Å². The van der Waals surface area contributed by atoms with Gasteiger partial charge in [-0.15, -0.1) is 0 Å². The lowest BCUT2D eigenvalue weighted by molar-refractivity contribution is -0.112. The van der Waals surface area contributed by atoms with E-state index in [-0.39, 0.29) is 0 Å². The number of hydrogen-bond donors (Lipinski definition) is 1. The van der Waals surface area contributed by atoms with Gasteiger partial charge in [-0.05, 0) is 31.0 Å². The topological polar surface area (TPSA) is 58.6 Å². The van der Waals surface area contributed by atoms with Crippen LogP contribution in [0.5, 0.6) is 0 Å². The molecule has 0 unspecified atom stereocenters. The summed E-state index contributed by atoms with van der Waals surface area (Å²) in [5.41, 5.74) is 2.13. The number of rotatable bonds is 5. The van der Waals surface area contributed by atoms with Crippen molar-refractivity contribution in [1.29, 1.82) is 0 Å². The van der Waals surface area contributed by atoms with Gasteiger partial charge in [-0.25, -0.2) is 0 Å². The van der Waals surface area contributed by atoms with E-state index in [4.69, 9.17) is 4.74 Å². The second-order valence-corrected chi connectivity index (χ2v) is 4.93. The fourth-order valence-corrected chi connectivity index (χ4v) is 2.41. The number of ketones is 1. The molecule has 1 heterocycles. The number of amides is 1. The highest BCUT2D eigenvalue weighted by Crippen LogP contribution is 2.34. The highest BCUT2D eigenvalue weighted by atomic mass is 16.5. The largest absolute Gasteiger partial charge is 0.383 e. The van der Waals surface area contributed by atoms with Crippen LogP contribution < -0.4 is 10.2 Å². The van der Waals surface area contributed by atoms with Gasteiger partial charge in [-0.2, -0.15) is 0 Å². The van der Waals surface area contributed by atoms with E-state index in [1.807, 2.05) is 12.1 Å². The van der Waals surface area contributed by atoms with E-state index in [2.05, 4.69) is 10.2 Å². The molecule has 1 amide bonds. The molecule has 0 radical (unpaired) electrons. The summed E-state index contributed by atoms with van der Waals surface area (Å²) in [6.45, 7) is 1.49. The predicted molar refractivity (Wildman–Crippen MR) is 71.6 cm³/mol. The average molecular weight is 260 g/mol. The van der Waals surface area contributed by atoms with E-state index < -0.39 is 11.7 Å². The van der Waals surface area contributed by atoms with Gasteiger partial charge in [-0.1, -0.05) is 0 Å². The number of nitrogens with one attached hydrogen (secondary N) is 1. The van der Waals surface area contributed by atoms with Gasteiger partial charge in [0, 0.05) is 25.4 Å². The maximum absolute atomic E-state index is 11.6. The Hall–Kier alpha value is -1.88. The minimum atomic E-state index is -0.540. The van der Waals surface area contributed by atoms with Crippen molar-refractivity contribution in [2.24, 2.45) is 0 Å². The molecule has 0 spiro atoms. The Morgan fingerprint density at radius 3 is 2.84 bits per heavy atom. The number of anilines is 2. The third-order valence-electron chi connectivity index (χ3n) is 3.56. The van der Waals surface area contributed by atoms with Crippen molar-refractivity contribution in [3.05, 3.63) is 23.8 Å². The van der Waals surface area contributed by atoms with Crippen molar-refractivity contribution < 1.29 is 14.3 Å². The molecule has 1 N–H and O–H groups in total. The van der Waals surface area contributed by atoms with Crippen molar-refractivity contribution in [2.75, 3.05) is 30.5 Å². The Labute approximate surface area is 111 Å². The first kappa shape index (κ1) is 12.2. The molecule has 0 bridgehead atoms. The lowest BCUT2D eigenvalue weighted by Gasteiger charge is -2.24. The molecule has 5 heteroatoms. The van der Waals surface area contributed by atoms with E-state index >= 15 is 0 Å². The molecule has 0 aromatic heterocycles. The number of methoxy groups -OCH3 is 1. The van der Waals surface area contributed by atoms with E-state index in [0.717, 1.165) is 12.2 Å². The van der Waals surface area contributed by atoms with Crippen molar-refractivity contribution in [3.63, 3.8) is 0 Å². The van der Waals surface area contributed by atoms with Gasteiger partial charge >= 0.3 is 0 Å². The molecule has 1 aromatic rings. The molecule has 1 aromatic carbocycles. The van der Waals surface area contributed by atoms with Crippen molar-refractivity contribution in [1.82, 2.24) is 0 Å². The van der Waals surface area contributed by atoms with Crippen LogP contribution in [0.2, 0.25) is 0 Å². The second kappa shape index (κ2) is 4.66. The summed E-state index contributed by atoms with van der Waals surface area (Å²) in [6, 6.07) is 6.07. The zero-order valence-electron chi connectivity index (χ0n) is 10.8. The van der Waals surface area contributed by atoms with Gasteiger partial charge in [0.2, 0.25) is 0 Å². The first-order chi connectivity index (χ1) is 9.20. The lowest BCUT2D eigenvalue weighted by Crippen LogP contribution is -2.29. The molecule has 2 aliphatic rings. The maximum Gasteiger partial charge on any atom is 0.296 e. The van der Waals surface area contributed by atoms with Crippen LogP contribution in [0.15, 0.2) is 18.2 Å². The smallest absolute Gasteiger partial charge is 0.296 e. The summed E-state index contributed by atoms with van der Waals surface area (Å²) in [5, 5.41) is 2.61. The first-order valence-electron chi connectivity index (χ1n) is 6.46. The fraction of sp³-hybridized carbons (Fsp3) is 0.429. The van der Waals surface area contributed by atoms with Crippen LogP contribution in [-0.2, 0) is 9.53 Å². The minimum absolute atomic E-state index is 0.448. The average Bonchev–Trinajstić information content (AvgIpc) is 3.19. The standard InChI is InChI=1S/C14H16N2O3/c1-19-7-6-16(9-2-3-9)10-4-5-11-12(8-10)15-14(18)13(11)17/h4-5,8-9H,2-3,6-7H2,1H3,(H,15,17,18). The number of benzene rings is 1. The highest BCUT2D eigenvalue weighted by molar-refractivity contribution is 6.51. The van der Waals surface area contributed by atoms with Crippen LogP contribution in [0, 0.1) is 0 Å². The Morgan fingerprint density at radius 1 is 1.37 bits per heavy atom. The Kier molecular flexibility index (Phi) is 2.98. The Bertz CT molecular complexity index is 537. The van der Waals surface area contributed by atoms with Gasteiger partial charge in [0.25, 0.3) is 11.7 Å². The molecular formula is C14H16N2O3. The molecular weight excluding hydrogens is 244 g/mol. The highest BCUT2D eigenvalue weighted by Gasteiger charge is 2.32. The van der Waals surface area contributed by atoms with Gasteiger partial charge in [-0.3, -0.25) is 9.59 Å². The summed E-state index contributed by atoms with van der Waals surface area (Å²) in [4.78, 5) is 25.2. The SMILES string of the molecule is COCCN(c1ccc2c(c1)NC(=O)C2=O)C1CC1. The number of Topliss-reactive ketones (excluding diaryl/α,β-unsaturated/α-hetero) is 1. The fourth-order valence-electron chi connectivity index (χ4n) is 2.41. The lowest BCUT2D eigenvalue weighted by atomic mass is 10.1. The summed E-state index contributed by atoms with van der Waals surface area (Å²) >= 11 is 0. The quantitative estimate of drug-likeness (QED) is 0.814. The van der Waals surface area contributed by atoms with Crippen LogP contribution in [0.1, 0.15) is 23.2 Å². The predicted octanol–water partition coefficient (Wildman–Crippen LogP) is 1.44. The Balaban J connectivity index is 1.87. The van der Waals surface area contributed by atoms with Gasteiger partial charge in [0.15, 0.2) is 0 Å². The summed E-state index contributed by atoms with van der Waals surface area (Å²) in [6.07, 6.45) is 2.37. The van der Waals surface area contributed by atoms with E-state index in [0.29, 0.717) is 23.9 Å². The van der Waals surface area contributed by atoms with Crippen molar-refractivity contribution in [2.45, 2.75) is 18.9 Å². The zero-order valence-corrected chi connectivity index (χ0v) is 10.8. The van der Waals surface area contributed by atoms with E-state index in [1.165, 1.54) is 12.8 Å². The third-order valence-corrected chi connectivity index (χ3v) is 3.56. The zero-order chi connectivity index (χ0) is 13.4. The second-order valence-electron chi connectivity index (χ2n) is 4.93. The number of carbonyl (C=O) groups excluding carboxylic acids is 2. The van der Waals surface area contributed by atoms with E-state index in [1.54, 1.807) is 13.2 Å². The van der Waals surface area contributed by atoms with Gasteiger partial charge in [0.05, 0.1) is 17.9 Å². The van der Waals surface area contributed by atoms with Crippen LogP contribution in [-0.4, -0.2) is 38.0 Å². The molecule has 1 fully saturated rings. The van der Waals surface area contributed by atoms with Crippen LogP contribution >= 0.6 is 0 Å². The monoisotopic (exact) mass is 260 g/mol. The molecule has 1 aliphatic heterocycles. The molecule has 5 nitrogen and oxygen atoms in total. The van der Waals surface area contributed by atoms with Crippen molar-refractivity contribution >= 4 is 23.1 Å². The molecule has 1 aliphatic carbocycles. The Morgan fingerprint density at radius 2 is 2.16 bits per heavy atom. The third kappa shape index (κ3) is 2.21. The molecule has 100 valence electrons. The van der Waals surface area contributed by atoms with E-state index in [9.17, 15) is 9.59 Å². The van der Waals surface area contributed by atoms with Gasteiger partial charge < -0.3 is 15.0 Å². The van der Waals surface area contributed by atoms with Crippen LogP contribution in [0.3, 0.4) is 0 Å². The maximum atomic E-state index is 11.6. The molecule has 1 saturated carbocycles. The summed E-state index contributed by atoms with van der Waals surface area (Å²) in [5.74, 6) is -0.988.